The van der Waals surface area contributed by atoms with E-state index in [0.717, 1.165) is 15.4 Å². The second-order valence-electron chi connectivity index (χ2n) is 6.89. The minimum Gasteiger partial charge on any atom is -0.325 e. The lowest BCUT2D eigenvalue weighted by Crippen LogP contribution is -2.38. The van der Waals surface area contributed by atoms with E-state index in [-0.39, 0.29) is 17.9 Å². The number of amides is 1. The summed E-state index contributed by atoms with van der Waals surface area (Å²) < 4.78 is 28.0. The Kier molecular flexibility index (Phi) is 7.06. The Morgan fingerprint density at radius 1 is 0.968 bits per heavy atom. The molecule has 0 atom stereocenters. The van der Waals surface area contributed by atoms with Gasteiger partial charge in [-0.1, -0.05) is 55.5 Å². The maximum absolute atomic E-state index is 13.4. The SMILES string of the molecule is CCc1ccccc1N(CC(=O)Nc1ccc(CC#N)cc1)S(=O)(=O)c1ccccc1. The van der Waals surface area contributed by atoms with Crippen molar-refractivity contribution < 1.29 is 13.2 Å². The van der Waals surface area contributed by atoms with E-state index >= 15 is 0 Å². The van der Waals surface area contributed by atoms with Gasteiger partial charge in [0.05, 0.1) is 23.1 Å². The Balaban J connectivity index is 1.91. The Labute approximate surface area is 182 Å². The number of anilines is 2. The molecule has 3 rings (SSSR count). The number of para-hydroxylation sites is 1. The molecule has 0 bridgehead atoms. The van der Waals surface area contributed by atoms with Gasteiger partial charge in [0.1, 0.15) is 6.54 Å². The zero-order valence-electron chi connectivity index (χ0n) is 17.2. The highest BCUT2D eigenvalue weighted by Crippen LogP contribution is 2.27. The summed E-state index contributed by atoms with van der Waals surface area (Å²) in [4.78, 5) is 12.9. The van der Waals surface area contributed by atoms with Gasteiger partial charge in [0.15, 0.2) is 0 Å². The number of nitrogens with zero attached hydrogens (tertiary/aromatic N) is 2. The zero-order chi connectivity index (χ0) is 22.3. The van der Waals surface area contributed by atoms with Crippen LogP contribution in [0.3, 0.4) is 0 Å². The molecule has 1 amide bonds. The number of nitriles is 1. The topological polar surface area (TPSA) is 90.3 Å². The molecule has 0 heterocycles. The lowest BCUT2D eigenvalue weighted by atomic mass is 10.1. The molecule has 3 aromatic rings. The Morgan fingerprint density at radius 2 is 1.61 bits per heavy atom. The van der Waals surface area contributed by atoms with Gasteiger partial charge in [0, 0.05) is 5.69 Å². The van der Waals surface area contributed by atoms with Gasteiger partial charge in [-0.2, -0.15) is 5.26 Å². The highest BCUT2D eigenvalue weighted by atomic mass is 32.2. The molecule has 0 saturated carbocycles. The van der Waals surface area contributed by atoms with Gasteiger partial charge in [-0.15, -0.1) is 0 Å². The summed E-state index contributed by atoms with van der Waals surface area (Å²) in [5.74, 6) is -0.460. The van der Waals surface area contributed by atoms with Crippen molar-refractivity contribution in [2.24, 2.45) is 0 Å². The number of carbonyl (C=O) groups is 1. The van der Waals surface area contributed by atoms with Crippen LogP contribution in [0.25, 0.3) is 0 Å². The van der Waals surface area contributed by atoms with E-state index in [0.29, 0.717) is 17.8 Å². The fourth-order valence-corrected chi connectivity index (χ4v) is 4.68. The molecule has 6 nitrogen and oxygen atoms in total. The summed E-state index contributed by atoms with van der Waals surface area (Å²) in [6.45, 7) is 1.57. The van der Waals surface area contributed by atoms with E-state index in [1.807, 2.05) is 19.1 Å². The van der Waals surface area contributed by atoms with Crippen LogP contribution in [0, 0.1) is 11.3 Å². The number of rotatable bonds is 8. The van der Waals surface area contributed by atoms with Gasteiger partial charge in [-0.05, 0) is 47.9 Å². The summed E-state index contributed by atoms with van der Waals surface area (Å²) in [5, 5.41) is 11.5. The van der Waals surface area contributed by atoms with E-state index in [1.54, 1.807) is 54.6 Å². The zero-order valence-corrected chi connectivity index (χ0v) is 18.0. The Bertz CT molecular complexity index is 1180. The molecule has 0 aromatic heterocycles. The van der Waals surface area contributed by atoms with Crippen molar-refractivity contribution in [3.05, 3.63) is 90.0 Å². The monoisotopic (exact) mass is 433 g/mol. The van der Waals surface area contributed by atoms with E-state index in [4.69, 9.17) is 5.26 Å². The molecular weight excluding hydrogens is 410 g/mol. The van der Waals surface area contributed by atoms with Crippen LogP contribution in [0.5, 0.6) is 0 Å². The first-order valence-corrected chi connectivity index (χ1v) is 11.3. The average Bonchev–Trinajstić information content (AvgIpc) is 2.79. The molecule has 0 aliphatic heterocycles. The molecule has 1 N–H and O–H groups in total. The van der Waals surface area contributed by atoms with Crippen molar-refractivity contribution in [3.8, 4) is 6.07 Å². The van der Waals surface area contributed by atoms with E-state index < -0.39 is 15.9 Å². The van der Waals surface area contributed by atoms with Crippen molar-refractivity contribution in [1.82, 2.24) is 0 Å². The van der Waals surface area contributed by atoms with Crippen molar-refractivity contribution in [1.29, 1.82) is 5.26 Å². The largest absolute Gasteiger partial charge is 0.325 e. The maximum atomic E-state index is 13.4. The fourth-order valence-electron chi connectivity index (χ4n) is 3.20. The second kappa shape index (κ2) is 9.92. The Morgan fingerprint density at radius 3 is 2.26 bits per heavy atom. The van der Waals surface area contributed by atoms with Crippen LogP contribution in [-0.2, 0) is 27.7 Å². The van der Waals surface area contributed by atoms with E-state index in [2.05, 4.69) is 11.4 Å². The third-order valence-corrected chi connectivity index (χ3v) is 6.55. The number of benzene rings is 3. The first-order chi connectivity index (χ1) is 15.0. The quantitative estimate of drug-likeness (QED) is 0.578. The van der Waals surface area contributed by atoms with Crippen LogP contribution in [0.4, 0.5) is 11.4 Å². The van der Waals surface area contributed by atoms with E-state index in [1.165, 1.54) is 12.1 Å². The molecule has 3 aromatic carbocycles. The van der Waals surface area contributed by atoms with Crippen LogP contribution in [0.1, 0.15) is 18.1 Å². The van der Waals surface area contributed by atoms with Crippen molar-refractivity contribution >= 4 is 27.3 Å². The molecule has 0 unspecified atom stereocenters. The van der Waals surface area contributed by atoms with Crippen molar-refractivity contribution in [2.75, 3.05) is 16.2 Å². The third kappa shape index (κ3) is 5.30. The molecule has 0 radical (unpaired) electrons. The van der Waals surface area contributed by atoms with Crippen molar-refractivity contribution in [3.63, 3.8) is 0 Å². The number of hydrogen-bond donors (Lipinski definition) is 1. The van der Waals surface area contributed by atoms with Crippen LogP contribution in [0.15, 0.2) is 83.8 Å². The molecule has 0 saturated heterocycles. The first-order valence-electron chi connectivity index (χ1n) is 9.87. The van der Waals surface area contributed by atoms with Crippen molar-refractivity contribution in [2.45, 2.75) is 24.7 Å². The molecule has 31 heavy (non-hydrogen) atoms. The standard InChI is InChI=1S/C24H23N3O3S/c1-2-20-8-6-7-11-23(20)27(31(29,30)22-9-4-3-5-10-22)18-24(28)26-21-14-12-19(13-15-21)16-17-25/h3-15H,2,16,18H2,1H3,(H,26,28). The van der Waals surface area contributed by atoms with Gasteiger partial charge in [-0.3, -0.25) is 9.10 Å². The minimum absolute atomic E-state index is 0.120. The molecular formula is C24H23N3O3S. The number of aryl methyl sites for hydroxylation is 1. The highest BCUT2D eigenvalue weighted by molar-refractivity contribution is 7.92. The average molecular weight is 434 g/mol. The lowest BCUT2D eigenvalue weighted by molar-refractivity contribution is -0.114. The van der Waals surface area contributed by atoms with Crippen LogP contribution < -0.4 is 9.62 Å². The van der Waals surface area contributed by atoms with Crippen LogP contribution in [-0.4, -0.2) is 20.9 Å². The summed E-state index contributed by atoms with van der Waals surface area (Å²) >= 11 is 0. The molecule has 0 fully saturated rings. The first kappa shape index (κ1) is 22.1. The summed E-state index contributed by atoms with van der Waals surface area (Å²) in [5.41, 5.74) is 2.68. The van der Waals surface area contributed by atoms with Gasteiger partial charge in [0.25, 0.3) is 10.0 Å². The van der Waals surface area contributed by atoms with Gasteiger partial charge in [0.2, 0.25) is 5.91 Å². The molecule has 0 aliphatic carbocycles. The third-order valence-electron chi connectivity index (χ3n) is 4.78. The van der Waals surface area contributed by atoms with Gasteiger partial charge >= 0.3 is 0 Å². The molecule has 0 aliphatic rings. The highest BCUT2D eigenvalue weighted by Gasteiger charge is 2.28. The fraction of sp³-hybridized carbons (Fsp3) is 0.167. The van der Waals surface area contributed by atoms with Crippen LogP contribution in [0.2, 0.25) is 0 Å². The second-order valence-corrected chi connectivity index (χ2v) is 8.75. The van der Waals surface area contributed by atoms with E-state index in [9.17, 15) is 13.2 Å². The summed E-state index contributed by atoms with van der Waals surface area (Å²) in [7, 11) is -3.95. The number of nitrogens with one attached hydrogen (secondary N) is 1. The van der Waals surface area contributed by atoms with Gasteiger partial charge < -0.3 is 5.32 Å². The number of hydrogen-bond acceptors (Lipinski definition) is 4. The maximum Gasteiger partial charge on any atom is 0.264 e. The van der Waals surface area contributed by atoms with Gasteiger partial charge in [-0.25, -0.2) is 8.42 Å². The molecule has 0 spiro atoms. The molecule has 7 heteroatoms. The normalized spacial score (nSPS) is 10.8. The Hall–Kier alpha value is -3.63. The van der Waals surface area contributed by atoms with Crippen LogP contribution >= 0.6 is 0 Å². The predicted octanol–water partition coefficient (Wildman–Crippen LogP) is 4.15. The smallest absolute Gasteiger partial charge is 0.264 e. The summed E-state index contributed by atoms with van der Waals surface area (Å²) in [6, 6.07) is 24.2. The predicted molar refractivity (Wildman–Crippen MR) is 121 cm³/mol. The summed E-state index contributed by atoms with van der Waals surface area (Å²) in [6.07, 6.45) is 0.907. The minimum atomic E-state index is -3.95. The lowest BCUT2D eigenvalue weighted by Gasteiger charge is -2.26. The number of sulfonamides is 1. The number of carbonyl (C=O) groups excluding carboxylic acids is 1. The molecule has 158 valence electrons.